The summed E-state index contributed by atoms with van der Waals surface area (Å²) < 4.78 is 12.2. The topological polar surface area (TPSA) is 120 Å². The molecule has 0 unspecified atom stereocenters. The van der Waals surface area contributed by atoms with E-state index >= 15 is 0 Å². The summed E-state index contributed by atoms with van der Waals surface area (Å²) in [5, 5.41) is 9.18. The number of nitriles is 1. The molecule has 0 radical (unpaired) electrons. The fourth-order valence-corrected chi connectivity index (χ4v) is 4.32. The number of nitrogens with two attached hydrogens (primary N) is 2. The summed E-state index contributed by atoms with van der Waals surface area (Å²) in [5.41, 5.74) is 16.9. The van der Waals surface area contributed by atoms with Crippen molar-refractivity contribution < 1.29 is 9.47 Å². The van der Waals surface area contributed by atoms with Gasteiger partial charge in [0.2, 0.25) is 5.95 Å². The maximum absolute atomic E-state index is 9.18. The number of hydrogen-bond acceptors (Lipinski definition) is 7. The minimum absolute atomic E-state index is 0.152. The fraction of sp³-hybridized carbons (Fsp3) is 0.240. The Morgan fingerprint density at radius 3 is 2.59 bits per heavy atom. The summed E-state index contributed by atoms with van der Waals surface area (Å²) in [6.07, 6.45) is 7.47. The quantitative estimate of drug-likeness (QED) is 0.651. The van der Waals surface area contributed by atoms with Crippen LogP contribution in [0.3, 0.4) is 0 Å². The Bertz CT molecular complexity index is 1270. The molecular formula is C25H23N5O2. The van der Waals surface area contributed by atoms with Crippen molar-refractivity contribution in [3.05, 3.63) is 76.5 Å². The minimum Gasteiger partial charge on any atom is -0.493 e. The zero-order valence-electron chi connectivity index (χ0n) is 17.8. The highest BCUT2D eigenvalue weighted by Gasteiger charge is 2.42. The second kappa shape index (κ2) is 7.57. The molecule has 2 aliphatic rings. The van der Waals surface area contributed by atoms with Crippen LogP contribution in [0.15, 0.2) is 48.7 Å². The van der Waals surface area contributed by atoms with Crippen molar-refractivity contribution >= 4 is 17.3 Å². The van der Waals surface area contributed by atoms with E-state index in [2.05, 4.69) is 28.2 Å². The Labute approximate surface area is 186 Å². The molecule has 0 bridgehead atoms. The Hall–Kier alpha value is -4.05. The summed E-state index contributed by atoms with van der Waals surface area (Å²) in [6.45, 7) is 0. The van der Waals surface area contributed by atoms with Crippen molar-refractivity contribution in [2.45, 2.75) is 31.3 Å². The molecule has 1 aliphatic carbocycles. The van der Waals surface area contributed by atoms with Gasteiger partial charge in [-0.25, -0.2) is 4.98 Å². The molecule has 0 amide bonds. The maximum atomic E-state index is 9.18. The molecule has 32 heavy (non-hydrogen) atoms. The third-order valence-electron chi connectivity index (χ3n) is 6.17. The highest BCUT2D eigenvalue weighted by Crippen LogP contribution is 2.51. The summed E-state index contributed by atoms with van der Waals surface area (Å²) >= 11 is 0. The van der Waals surface area contributed by atoms with E-state index in [0.29, 0.717) is 23.6 Å². The van der Waals surface area contributed by atoms with Gasteiger partial charge in [-0.1, -0.05) is 12.1 Å². The number of anilines is 2. The van der Waals surface area contributed by atoms with Crippen LogP contribution in [0.4, 0.5) is 11.8 Å². The molecule has 1 saturated carbocycles. The molecule has 0 saturated heterocycles. The molecule has 3 aromatic rings. The largest absolute Gasteiger partial charge is 0.493 e. The van der Waals surface area contributed by atoms with E-state index in [0.717, 1.165) is 52.8 Å². The van der Waals surface area contributed by atoms with Crippen LogP contribution in [0.2, 0.25) is 0 Å². The van der Waals surface area contributed by atoms with Crippen LogP contribution in [-0.2, 0) is 6.42 Å². The molecule has 1 fully saturated rings. The van der Waals surface area contributed by atoms with E-state index in [1.54, 1.807) is 13.3 Å². The Kier molecular flexibility index (Phi) is 4.71. The third-order valence-corrected chi connectivity index (χ3v) is 6.17. The molecule has 2 aromatic carbocycles. The van der Waals surface area contributed by atoms with Gasteiger partial charge in [0.05, 0.1) is 18.7 Å². The van der Waals surface area contributed by atoms with Gasteiger partial charge in [-0.15, -0.1) is 0 Å². The third kappa shape index (κ3) is 3.40. The van der Waals surface area contributed by atoms with Gasteiger partial charge < -0.3 is 20.9 Å². The number of nitrogens with zero attached hydrogens (tertiary/aromatic N) is 3. The normalized spacial score (nSPS) is 15.7. The van der Waals surface area contributed by atoms with Crippen LogP contribution in [0.5, 0.6) is 11.5 Å². The van der Waals surface area contributed by atoms with Gasteiger partial charge in [0, 0.05) is 23.7 Å². The summed E-state index contributed by atoms with van der Waals surface area (Å²) in [5.74, 6) is 1.94. The zero-order chi connectivity index (χ0) is 22.3. The maximum Gasteiger partial charge on any atom is 0.221 e. The van der Waals surface area contributed by atoms with Crippen molar-refractivity contribution in [1.82, 2.24) is 9.97 Å². The zero-order valence-corrected chi connectivity index (χ0v) is 17.8. The predicted octanol–water partition coefficient (Wildman–Crippen LogP) is 3.86. The van der Waals surface area contributed by atoms with E-state index < -0.39 is 0 Å². The first-order valence-electron chi connectivity index (χ1n) is 10.5. The number of rotatable bonds is 4. The monoisotopic (exact) mass is 425 g/mol. The number of aromatic nitrogens is 2. The number of methoxy groups -OCH3 is 1. The molecule has 1 spiro atoms. The predicted molar refractivity (Wildman–Crippen MR) is 122 cm³/mol. The molecule has 7 nitrogen and oxygen atoms in total. The van der Waals surface area contributed by atoms with Crippen molar-refractivity contribution in [3.8, 4) is 17.6 Å². The lowest BCUT2D eigenvalue weighted by Gasteiger charge is -2.43. The molecule has 4 N–H and O–H groups in total. The van der Waals surface area contributed by atoms with Crippen molar-refractivity contribution in [3.63, 3.8) is 0 Å². The average molecular weight is 425 g/mol. The molecular weight excluding hydrogens is 402 g/mol. The number of ether oxygens (including phenoxy) is 2. The highest BCUT2D eigenvalue weighted by atomic mass is 16.5. The molecule has 0 atom stereocenters. The van der Waals surface area contributed by atoms with Gasteiger partial charge in [0.1, 0.15) is 11.4 Å². The van der Waals surface area contributed by atoms with Crippen LogP contribution in [0, 0.1) is 11.3 Å². The highest BCUT2D eigenvalue weighted by molar-refractivity contribution is 5.87. The molecule has 5 rings (SSSR count). The van der Waals surface area contributed by atoms with Crippen LogP contribution < -0.4 is 20.9 Å². The van der Waals surface area contributed by atoms with Crippen LogP contribution >= 0.6 is 0 Å². The molecule has 1 aromatic heterocycles. The lowest BCUT2D eigenvalue weighted by Crippen LogP contribution is -2.43. The van der Waals surface area contributed by atoms with Gasteiger partial charge in [0.15, 0.2) is 11.5 Å². The first kappa shape index (κ1) is 19.9. The summed E-state index contributed by atoms with van der Waals surface area (Å²) in [4.78, 5) is 8.14. The molecule has 1 aliphatic heterocycles. The Morgan fingerprint density at radius 1 is 1.19 bits per heavy atom. The van der Waals surface area contributed by atoms with Crippen molar-refractivity contribution in [2.75, 3.05) is 18.6 Å². The first-order chi connectivity index (χ1) is 15.5. The van der Waals surface area contributed by atoms with Gasteiger partial charge in [-0.3, -0.25) is 0 Å². The number of benzene rings is 2. The van der Waals surface area contributed by atoms with Gasteiger partial charge in [-0.05, 0) is 66.3 Å². The number of hydrogen-bond donors (Lipinski definition) is 2. The SMILES string of the molecule is COc1cc(Cc2cnc(N)nc2N)cc2c1OC1(C=C2c2ccc(C#N)cc2)CCC1. The number of fused-ring (bicyclic) bond motifs is 1. The first-order valence-corrected chi connectivity index (χ1v) is 10.5. The van der Waals surface area contributed by atoms with E-state index in [1.165, 1.54) is 0 Å². The fourth-order valence-electron chi connectivity index (χ4n) is 4.32. The van der Waals surface area contributed by atoms with Gasteiger partial charge in [-0.2, -0.15) is 10.2 Å². The van der Waals surface area contributed by atoms with Crippen LogP contribution in [-0.4, -0.2) is 22.7 Å². The molecule has 7 heteroatoms. The standard InChI is InChI=1S/C25H23N5O2/c1-31-21-11-16(9-18-14-29-24(28)30-23(18)27)10-19-20(17-5-3-15(13-26)4-6-17)12-25(7-2-8-25)32-22(19)21/h3-6,10-12,14H,2,7-9H2,1H3,(H4,27,28,29,30). The molecule has 160 valence electrons. The van der Waals surface area contributed by atoms with Crippen LogP contribution in [0.25, 0.3) is 5.57 Å². The van der Waals surface area contributed by atoms with E-state index in [1.807, 2.05) is 30.3 Å². The Balaban J connectivity index is 1.63. The van der Waals surface area contributed by atoms with Crippen molar-refractivity contribution in [1.29, 1.82) is 5.26 Å². The lowest BCUT2D eigenvalue weighted by molar-refractivity contribution is 0.0350. The average Bonchev–Trinajstić information content (AvgIpc) is 2.79. The summed E-state index contributed by atoms with van der Waals surface area (Å²) in [7, 11) is 1.65. The summed E-state index contributed by atoms with van der Waals surface area (Å²) in [6, 6.07) is 13.9. The minimum atomic E-state index is -0.305. The van der Waals surface area contributed by atoms with E-state index in [9.17, 15) is 5.26 Å². The van der Waals surface area contributed by atoms with E-state index in [4.69, 9.17) is 20.9 Å². The Morgan fingerprint density at radius 2 is 1.97 bits per heavy atom. The second-order valence-electron chi connectivity index (χ2n) is 8.26. The smallest absolute Gasteiger partial charge is 0.221 e. The molecule has 2 heterocycles. The second-order valence-corrected chi connectivity index (χ2v) is 8.26. The van der Waals surface area contributed by atoms with E-state index in [-0.39, 0.29) is 11.5 Å². The number of nitrogen functional groups attached to an aromatic ring is 2. The lowest BCUT2D eigenvalue weighted by atomic mass is 9.75. The van der Waals surface area contributed by atoms with Gasteiger partial charge in [0.25, 0.3) is 0 Å². The van der Waals surface area contributed by atoms with Gasteiger partial charge >= 0.3 is 0 Å². The van der Waals surface area contributed by atoms with Crippen LogP contribution in [0.1, 0.15) is 47.1 Å². The van der Waals surface area contributed by atoms with Crippen molar-refractivity contribution in [2.24, 2.45) is 0 Å².